The molecule has 1 aromatic rings. The molecule has 0 atom stereocenters. The molecule has 0 fully saturated rings. The normalized spacial score (nSPS) is 12.2. The lowest BCUT2D eigenvalue weighted by Crippen LogP contribution is -2.35. The molecule has 96 valence electrons. The summed E-state index contributed by atoms with van der Waals surface area (Å²) in [4.78, 5) is 0.777. The second-order valence-corrected chi connectivity index (χ2v) is 7.09. The summed E-state index contributed by atoms with van der Waals surface area (Å²) in [6.07, 6.45) is 0. The number of thioether (sulfide) groups is 1. The van der Waals surface area contributed by atoms with Gasteiger partial charge < -0.3 is 5.32 Å². The third-order valence-electron chi connectivity index (χ3n) is 2.21. The minimum atomic E-state index is -0.114. The number of hydrogen-bond donors (Lipinski definition) is 1. The van der Waals surface area contributed by atoms with Gasteiger partial charge in [0.2, 0.25) is 0 Å². The Morgan fingerprint density at radius 2 is 1.94 bits per heavy atom. The zero-order valence-electron chi connectivity index (χ0n) is 11.3. The van der Waals surface area contributed by atoms with Crippen molar-refractivity contribution < 1.29 is 4.39 Å². The highest BCUT2D eigenvalue weighted by Gasteiger charge is 2.14. The van der Waals surface area contributed by atoms with Crippen LogP contribution in [-0.2, 0) is 6.54 Å². The van der Waals surface area contributed by atoms with Crippen molar-refractivity contribution >= 4 is 11.8 Å². The Morgan fingerprint density at radius 1 is 1.29 bits per heavy atom. The van der Waals surface area contributed by atoms with Gasteiger partial charge in [-0.1, -0.05) is 26.0 Å². The van der Waals surface area contributed by atoms with Gasteiger partial charge in [0.1, 0.15) is 5.82 Å². The molecule has 0 spiro atoms. The van der Waals surface area contributed by atoms with Gasteiger partial charge in [0, 0.05) is 22.2 Å². The number of hydrogen-bond acceptors (Lipinski definition) is 2. The van der Waals surface area contributed by atoms with E-state index in [1.165, 1.54) is 6.07 Å². The number of nitrogens with one attached hydrogen (secondary N) is 1. The third-order valence-corrected chi connectivity index (χ3v) is 3.38. The van der Waals surface area contributed by atoms with Crippen LogP contribution in [0.2, 0.25) is 0 Å². The van der Waals surface area contributed by atoms with E-state index in [2.05, 4.69) is 39.9 Å². The fourth-order valence-electron chi connectivity index (χ4n) is 1.42. The summed E-state index contributed by atoms with van der Waals surface area (Å²) in [6.45, 7) is 11.2. The second-order valence-electron chi connectivity index (χ2n) is 5.50. The fraction of sp³-hybridized carbons (Fsp3) is 0.571. The lowest BCUT2D eigenvalue weighted by Gasteiger charge is -2.22. The molecule has 1 N–H and O–H groups in total. The minimum absolute atomic E-state index is 0.0477. The van der Waals surface area contributed by atoms with E-state index in [0.29, 0.717) is 11.8 Å². The van der Waals surface area contributed by atoms with Crippen molar-refractivity contribution in [2.45, 2.75) is 56.8 Å². The zero-order valence-corrected chi connectivity index (χ0v) is 12.1. The maximum Gasteiger partial charge on any atom is 0.137 e. The van der Waals surface area contributed by atoms with Gasteiger partial charge in [0.15, 0.2) is 0 Å². The van der Waals surface area contributed by atoms with Crippen molar-refractivity contribution in [1.29, 1.82) is 0 Å². The molecule has 0 saturated carbocycles. The average Bonchev–Trinajstić information content (AvgIpc) is 2.17. The van der Waals surface area contributed by atoms with E-state index >= 15 is 0 Å². The molecule has 0 radical (unpaired) electrons. The maximum absolute atomic E-state index is 13.8. The van der Waals surface area contributed by atoms with E-state index in [9.17, 15) is 4.39 Å². The second kappa shape index (κ2) is 5.87. The summed E-state index contributed by atoms with van der Waals surface area (Å²) in [5, 5.41) is 3.79. The molecule has 0 aromatic heterocycles. The smallest absolute Gasteiger partial charge is 0.137 e. The lowest BCUT2D eigenvalue weighted by atomic mass is 10.1. The first-order valence-electron chi connectivity index (χ1n) is 5.98. The summed E-state index contributed by atoms with van der Waals surface area (Å²) < 4.78 is 13.8. The summed E-state index contributed by atoms with van der Waals surface area (Å²) in [5.41, 5.74) is 1.09. The van der Waals surface area contributed by atoms with Crippen molar-refractivity contribution in [3.05, 3.63) is 29.6 Å². The Bertz CT molecular complexity index is 369. The molecule has 0 amide bonds. The van der Waals surface area contributed by atoms with E-state index in [4.69, 9.17) is 0 Å². The summed E-state index contributed by atoms with van der Waals surface area (Å²) in [5.74, 6) is -0.114. The van der Waals surface area contributed by atoms with Crippen LogP contribution in [-0.4, -0.2) is 10.8 Å². The highest BCUT2D eigenvalue weighted by molar-refractivity contribution is 8.00. The van der Waals surface area contributed by atoms with E-state index in [1.807, 2.05) is 6.07 Å². The molecule has 0 heterocycles. The molecular formula is C14H22FNS. The molecule has 0 saturated heterocycles. The predicted molar refractivity (Wildman–Crippen MR) is 74.0 cm³/mol. The molecule has 0 aliphatic heterocycles. The largest absolute Gasteiger partial charge is 0.308 e. The molecule has 0 aliphatic carbocycles. The SMILES string of the molecule is CC(C)Sc1c(F)cccc1CNC(C)(C)C. The molecule has 0 aliphatic rings. The van der Waals surface area contributed by atoms with Crippen LogP contribution in [0.5, 0.6) is 0 Å². The third kappa shape index (κ3) is 5.09. The quantitative estimate of drug-likeness (QED) is 0.809. The summed E-state index contributed by atoms with van der Waals surface area (Å²) in [7, 11) is 0. The first-order valence-corrected chi connectivity index (χ1v) is 6.86. The highest BCUT2D eigenvalue weighted by Crippen LogP contribution is 2.29. The number of rotatable bonds is 4. The van der Waals surface area contributed by atoms with Crippen LogP contribution in [0.3, 0.4) is 0 Å². The molecule has 17 heavy (non-hydrogen) atoms. The molecule has 0 bridgehead atoms. The van der Waals surface area contributed by atoms with Crippen LogP contribution in [0.4, 0.5) is 4.39 Å². The van der Waals surface area contributed by atoms with Gasteiger partial charge in [-0.25, -0.2) is 4.39 Å². The van der Waals surface area contributed by atoms with E-state index in [1.54, 1.807) is 17.8 Å². The Morgan fingerprint density at radius 3 is 2.47 bits per heavy atom. The first-order chi connectivity index (χ1) is 7.79. The van der Waals surface area contributed by atoms with E-state index < -0.39 is 0 Å². The van der Waals surface area contributed by atoms with Gasteiger partial charge in [-0.2, -0.15) is 0 Å². The van der Waals surface area contributed by atoms with Gasteiger partial charge in [-0.05, 0) is 32.4 Å². The number of halogens is 1. The van der Waals surface area contributed by atoms with Crippen molar-refractivity contribution in [2.24, 2.45) is 0 Å². The number of benzene rings is 1. The Hall–Kier alpha value is -0.540. The summed E-state index contributed by atoms with van der Waals surface area (Å²) >= 11 is 1.59. The monoisotopic (exact) mass is 255 g/mol. The topological polar surface area (TPSA) is 12.0 Å². The van der Waals surface area contributed by atoms with Gasteiger partial charge in [-0.15, -0.1) is 11.8 Å². The molecule has 1 rings (SSSR count). The molecular weight excluding hydrogens is 233 g/mol. The summed E-state index contributed by atoms with van der Waals surface area (Å²) in [6, 6.07) is 5.30. The maximum atomic E-state index is 13.8. The molecule has 1 aromatic carbocycles. The molecule has 0 unspecified atom stereocenters. The molecule has 3 heteroatoms. The van der Waals surface area contributed by atoms with Crippen molar-refractivity contribution in [1.82, 2.24) is 5.32 Å². The zero-order chi connectivity index (χ0) is 13.1. The van der Waals surface area contributed by atoms with Gasteiger partial charge in [0.05, 0.1) is 0 Å². The average molecular weight is 255 g/mol. The van der Waals surface area contributed by atoms with E-state index in [-0.39, 0.29) is 11.4 Å². The van der Waals surface area contributed by atoms with Gasteiger partial charge >= 0.3 is 0 Å². The van der Waals surface area contributed by atoms with Crippen LogP contribution < -0.4 is 5.32 Å². The Balaban J connectivity index is 2.87. The van der Waals surface area contributed by atoms with Crippen LogP contribution >= 0.6 is 11.8 Å². The van der Waals surface area contributed by atoms with Crippen molar-refractivity contribution in [3.8, 4) is 0 Å². The van der Waals surface area contributed by atoms with Crippen molar-refractivity contribution in [2.75, 3.05) is 0 Å². The van der Waals surface area contributed by atoms with Gasteiger partial charge in [-0.3, -0.25) is 0 Å². The molecule has 1 nitrogen and oxygen atoms in total. The van der Waals surface area contributed by atoms with Gasteiger partial charge in [0.25, 0.3) is 0 Å². The lowest BCUT2D eigenvalue weighted by molar-refractivity contribution is 0.421. The Labute approximate surface area is 108 Å². The first kappa shape index (κ1) is 14.5. The Kier molecular flexibility index (Phi) is 5.02. The highest BCUT2D eigenvalue weighted by atomic mass is 32.2. The van der Waals surface area contributed by atoms with Crippen LogP contribution in [0, 0.1) is 5.82 Å². The predicted octanol–water partition coefficient (Wildman–Crippen LogP) is 4.21. The van der Waals surface area contributed by atoms with Crippen LogP contribution in [0.1, 0.15) is 40.2 Å². The van der Waals surface area contributed by atoms with E-state index in [0.717, 1.165) is 10.5 Å². The standard InChI is InChI=1S/C14H22FNS/c1-10(2)17-13-11(7-6-8-12(13)15)9-16-14(3,4)5/h6-8,10,16H,9H2,1-5H3. The van der Waals surface area contributed by atoms with Crippen LogP contribution in [0.15, 0.2) is 23.1 Å². The minimum Gasteiger partial charge on any atom is -0.308 e. The van der Waals surface area contributed by atoms with Crippen LogP contribution in [0.25, 0.3) is 0 Å². The fourth-order valence-corrected chi connectivity index (χ4v) is 2.36. The van der Waals surface area contributed by atoms with Crippen molar-refractivity contribution in [3.63, 3.8) is 0 Å².